The van der Waals surface area contributed by atoms with Crippen molar-refractivity contribution < 1.29 is 14.3 Å². The van der Waals surface area contributed by atoms with Gasteiger partial charge in [-0.15, -0.1) is 0 Å². The van der Waals surface area contributed by atoms with Crippen LogP contribution in [-0.4, -0.2) is 28.4 Å². The number of amides is 1. The highest BCUT2D eigenvalue weighted by atomic mass is 35.6. The van der Waals surface area contributed by atoms with Crippen molar-refractivity contribution in [2.24, 2.45) is 0 Å². The number of hydrogen-bond donors (Lipinski definition) is 2. The van der Waals surface area contributed by atoms with Crippen LogP contribution in [0.15, 0.2) is 60.7 Å². The lowest BCUT2D eigenvalue weighted by Crippen LogP contribution is -2.48. The number of anilines is 1. The molecular formula is C22H23Cl3N2O3. The SMILES string of the molecule is CCCCOC(=O)c1ccc(NC(NC(=O)C=Cc2ccccc2)C(Cl)(Cl)Cl)cc1. The molecular weight excluding hydrogens is 447 g/mol. The smallest absolute Gasteiger partial charge is 0.338 e. The van der Waals surface area contributed by atoms with Gasteiger partial charge in [0.1, 0.15) is 6.17 Å². The molecule has 0 aliphatic rings. The van der Waals surface area contributed by atoms with Gasteiger partial charge in [0, 0.05) is 11.8 Å². The van der Waals surface area contributed by atoms with Crippen LogP contribution in [0.2, 0.25) is 0 Å². The Morgan fingerprint density at radius 1 is 1.07 bits per heavy atom. The standard InChI is InChI=1S/C22H23Cl3N2O3/c1-2-3-15-30-20(29)17-10-12-18(13-11-17)26-21(22(23,24)25)27-19(28)14-9-16-7-5-4-6-8-16/h4-14,21,26H,2-3,15H2,1H3,(H,27,28). The number of carbonyl (C=O) groups is 2. The normalized spacial score (nSPS) is 12.4. The summed E-state index contributed by atoms with van der Waals surface area (Å²) < 4.78 is 3.36. The summed E-state index contributed by atoms with van der Waals surface area (Å²) >= 11 is 18.1. The van der Waals surface area contributed by atoms with Crippen molar-refractivity contribution in [1.82, 2.24) is 5.32 Å². The molecule has 0 fully saturated rings. The van der Waals surface area contributed by atoms with Crippen LogP contribution in [0, 0.1) is 0 Å². The number of hydrogen-bond acceptors (Lipinski definition) is 4. The van der Waals surface area contributed by atoms with E-state index in [-0.39, 0.29) is 0 Å². The molecule has 0 aliphatic carbocycles. The van der Waals surface area contributed by atoms with Crippen LogP contribution >= 0.6 is 34.8 Å². The monoisotopic (exact) mass is 468 g/mol. The van der Waals surface area contributed by atoms with Gasteiger partial charge in [0.25, 0.3) is 0 Å². The zero-order valence-corrected chi connectivity index (χ0v) is 18.7. The fourth-order valence-electron chi connectivity index (χ4n) is 2.39. The average Bonchev–Trinajstić information content (AvgIpc) is 2.72. The summed E-state index contributed by atoms with van der Waals surface area (Å²) in [6.45, 7) is 2.40. The van der Waals surface area contributed by atoms with E-state index in [9.17, 15) is 9.59 Å². The lowest BCUT2D eigenvalue weighted by molar-refractivity contribution is -0.116. The van der Waals surface area contributed by atoms with Crippen LogP contribution in [0.5, 0.6) is 0 Å². The predicted octanol–water partition coefficient (Wildman–Crippen LogP) is 5.58. The Morgan fingerprint density at radius 2 is 1.73 bits per heavy atom. The molecule has 0 saturated carbocycles. The third-order valence-electron chi connectivity index (χ3n) is 4.00. The van der Waals surface area contributed by atoms with E-state index < -0.39 is 21.8 Å². The van der Waals surface area contributed by atoms with E-state index in [1.165, 1.54) is 6.08 Å². The zero-order valence-electron chi connectivity index (χ0n) is 16.4. The maximum absolute atomic E-state index is 12.3. The third-order valence-corrected chi connectivity index (χ3v) is 4.66. The lowest BCUT2D eigenvalue weighted by Gasteiger charge is -2.27. The minimum absolute atomic E-state index is 0.382. The minimum Gasteiger partial charge on any atom is -0.462 e. The molecule has 1 unspecified atom stereocenters. The van der Waals surface area contributed by atoms with Crippen LogP contribution in [0.4, 0.5) is 5.69 Å². The highest BCUT2D eigenvalue weighted by Gasteiger charge is 2.33. The molecule has 5 nitrogen and oxygen atoms in total. The fourth-order valence-corrected chi connectivity index (χ4v) is 2.72. The summed E-state index contributed by atoms with van der Waals surface area (Å²) in [6, 6.07) is 15.8. The maximum Gasteiger partial charge on any atom is 0.338 e. The van der Waals surface area contributed by atoms with Gasteiger partial charge in [0.2, 0.25) is 9.70 Å². The Labute approximate surface area is 191 Å². The number of alkyl halides is 3. The van der Waals surface area contributed by atoms with Gasteiger partial charge in [0.05, 0.1) is 12.2 Å². The van der Waals surface area contributed by atoms with Gasteiger partial charge in [0.15, 0.2) is 0 Å². The fraction of sp³-hybridized carbons (Fsp3) is 0.273. The molecule has 0 heterocycles. The average molecular weight is 470 g/mol. The number of halogens is 3. The summed E-state index contributed by atoms with van der Waals surface area (Å²) in [5.41, 5.74) is 1.84. The third kappa shape index (κ3) is 8.27. The maximum atomic E-state index is 12.3. The molecule has 1 atom stereocenters. The zero-order chi connectivity index (χ0) is 22.0. The van der Waals surface area contributed by atoms with Gasteiger partial charge in [-0.2, -0.15) is 0 Å². The van der Waals surface area contributed by atoms with Gasteiger partial charge < -0.3 is 15.4 Å². The Kier molecular flexibility index (Phi) is 9.50. The van der Waals surface area contributed by atoms with E-state index in [1.807, 2.05) is 37.3 Å². The van der Waals surface area contributed by atoms with E-state index >= 15 is 0 Å². The van der Waals surface area contributed by atoms with Gasteiger partial charge in [-0.25, -0.2) is 4.79 Å². The van der Waals surface area contributed by atoms with E-state index in [2.05, 4.69) is 10.6 Å². The first kappa shape index (κ1) is 24.1. The molecule has 0 bridgehead atoms. The summed E-state index contributed by atoms with van der Waals surface area (Å²) in [4.78, 5) is 24.2. The van der Waals surface area contributed by atoms with E-state index in [1.54, 1.807) is 30.3 Å². The molecule has 2 aromatic rings. The molecule has 2 rings (SSSR count). The van der Waals surface area contributed by atoms with Crippen molar-refractivity contribution in [2.45, 2.75) is 29.7 Å². The van der Waals surface area contributed by atoms with Crippen molar-refractivity contribution in [3.8, 4) is 0 Å². The first-order valence-corrected chi connectivity index (χ1v) is 10.6. The number of esters is 1. The van der Waals surface area contributed by atoms with Crippen molar-refractivity contribution in [3.05, 3.63) is 71.8 Å². The quantitative estimate of drug-likeness (QED) is 0.165. The Morgan fingerprint density at radius 3 is 2.33 bits per heavy atom. The van der Waals surface area contributed by atoms with E-state index in [0.717, 1.165) is 18.4 Å². The molecule has 0 saturated heterocycles. The highest BCUT2D eigenvalue weighted by molar-refractivity contribution is 6.68. The summed E-state index contributed by atoms with van der Waals surface area (Å²) in [5.74, 6) is -0.828. The number of carbonyl (C=O) groups excluding carboxylic acids is 2. The first-order chi connectivity index (χ1) is 14.3. The van der Waals surface area contributed by atoms with Crippen LogP contribution in [0.25, 0.3) is 6.08 Å². The molecule has 0 spiro atoms. The van der Waals surface area contributed by atoms with Crippen molar-refractivity contribution in [1.29, 1.82) is 0 Å². The second-order valence-electron chi connectivity index (χ2n) is 6.44. The van der Waals surface area contributed by atoms with Gasteiger partial charge in [-0.05, 0) is 42.3 Å². The van der Waals surface area contributed by atoms with Crippen molar-refractivity contribution >= 4 is 58.4 Å². The summed E-state index contributed by atoms with van der Waals surface area (Å²) in [5, 5.41) is 5.58. The number of rotatable bonds is 9. The van der Waals surface area contributed by atoms with Crippen molar-refractivity contribution in [2.75, 3.05) is 11.9 Å². The van der Waals surface area contributed by atoms with Gasteiger partial charge in [-0.3, -0.25) is 4.79 Å². The molecule has 8 heteroatoms. The summed E-state index contributed by atoms with van der Waals surface area (Å²) in [6.07, 6.45) is 3.77. The lowest BCUT2D eigenvalue weighted by atomic mass is 10.2. The predicted molar refractivity (Wildman–Crippen MR) is 123 cm³/mol. The van der Waals surface area contributed by atoms with E-state index in [4.69, 9.17) is 39.5 Å². The Bertz CT molecular complexity index is 850. The molecule has 2 aromatic carbocycles. The van der Waals surface area contributed by atoms with Crippen LogP contribution in [0.3, 0.4) is 0 Å². The number of nitrogens with one attached hydrogen (secondary N) is 2. The van der Waals surface area contributed by atoms with Gasteiger partial charge in [-0.1, -0.05) is 78.5 Å². The van der Waals surface area contributed by atoms with E-state index in [0.29, 0.717) is 17.9 Å². The molecule has 2 N–H and O–H groups in total. The van der Waals surface area contributed by atoms with Gasteiger partial charge >= 0.3 is 5.97 Å². The molecule has 0 aromatic heterocycles. The van der Waals surface area contributed by atoms with Crippen molar-refractivity contribution in [3.63, 3.8) is 0 Å². The molecule has 1 amide bonds. The molecule has 160 valence electrons. The topological polar surface area (TPSA) is 67.4 Å². The second kappa shape index (κ2) is 11.8. The Hall–Kier alpha value is -2.21. The van der Waals surface area contributed by atoms with Crippen LogP contribution in [-0.2, 0) is 9.53 Å². The minimum atomic E-state index is -1.81. The van der Waals surface area contributed by atoms with Crippen LogP contribution < -0.4 is 10.6 Å². The number of unbranched alkanes of at least 4 members (excludes halogenated alkanes) is 1. The largest absolute Gasteiger partial charge is 0.462 e. The number of ether oxygens (including phenoxy) is 1. The first-order valence-electron chi connectivity index (χ1n) is 9.43. The Balaban J connectivity index is 2.00. The second-order valence-corrected chi connectivity index (χ2v) is 8.81. The number of benzene rings is 2. The molecule has 0 radical (unpaired) electrons. The highest BCUT2D eigenvalue weighted by Crippen LogP contribution is 2.31. The molecule has 30 heavy (non-hydrogen) atoms. The summed E-state index contributed by atoms with van der Waals surface area (Å²) in [7, 11) is 0. The molecule has 0 aliphatic heterocycles. The van der Waals surface area contributed by atoms with Crippen LogP contribution in [0.1, 0.15) is 35.7 Å².